The van der Waals surface area contributed by atoms with Crippen LogP contribution in [-0.2, 0) is 21.2 Å². The number of hydrogen-bond donors (Lipinski definition) is 1. The molecule has 0 fully saturated rings. The van der Waals surface area contributed by atoms with Crippen LogP contribution in [0.25, 0.3) is 0 Å². The van der Waals surface area contributed by atoms with Gasteiger partial charge in [-0.25, -0.2) is 8.42 Å². The summed E-state index contributed by atoms with van der Waals surface area (Å²) in [5.74, 6) is -0.0394. The number of carbonyl (C=O) groups is 1. The lowest BCUT2D eigenvalue weighted by molar-refractivity contribution is -0.116. The standard InChI is InChI=1S/C17H18N2O3S/c1-12-4-3-5-16(10-12)23(21,22)18-15-7-6-14-8-9-19(13(2)20)17(14)11-15/h3-7,10-11,18H,8-9H2,1-2H3. The zero-order chi connectivity index (χ0) is 16.6. The maximum absolute atomic E-state index is 12.5. The van der Waals surface area contributed by atoms with Crippen LogP contribution >= 0.6 is 0 Å². The number of anilines is 2. The molecule has 0 saturated carbocycles. The van der Waals surface area contributed by atoms with Gasteiger partial charge in [0.25, 0.3) is 10.0 Å². The van der Waals surface area contributed by atoms with Gasteiger partial charge >= 0.3 is 0 Å². The molecule has 0 aliphatic carbocycles. The number of carbonyl (C=O) groups excluding carboxylic acids is 1. The average Bonchev–Trinajstić information content (AvgIpc) is 2.90. The Hall–Kier alpha value is -2.34. The van der Waals surface area contributed by atoms with Crippen LogP contribution in [-0.4, -0.2) is 20.9 Å². The summed E-state index contributed by atoms with van der Waals surface area (Å²) in [5.41, 5.74) is 3.17. The second kappa shape index (κ2) is 5.70. The minimum absolute atomic E-state index is 0.0394. The summed E-state index contributed by atoms with van der Waals surface area (Å²) < 4.78 is 27.5. The minimum Gasteiger partial charge on any atom is -0.312 e. The smallest absolute Gasteiger partial charge is 0.261 e. The quantitative estimate of drug-likeness (QED) is 0.941. The van der Waals surface area contributed by atoms with E-state index in [9.17, 15) is 13.2 Å². The molecule has 1 aliphatic heterocycles. The Kier molecular flexibility index (Phi) is 3.85. The molecule has 2 aromatic carbocycles. The van der Waals surface area contributed by atoms with Crippen LogP contribution in [0.2, 0.25) is 0 Å². The van der Waals surface area contributed by atoms with Gasteiger partial charge < -0.3 is 4.90 Å². The van der Waals surface area contributed by atoms with E-state index in [1.54, 1.807) is 35.2 Å². The van der Waals surface area contributed by atoms with Gasteiger partial charge in [-0.15, -0.1) is 0 Å². The summed E-state index contributed by atoms with van der Waals surface area (Å²) in [4.78, 5) is 13.5. The molecule has 2 aromatic rings. The van der Waals surface area contributed by atoms with Crippen LogP contribution < -0.4 is 9.62 Å². The van der Waals surface area contributed by atoms with Gasteiger partial charge in [0, 0.05) is 19.2 Å². The highest BCUT2D eigenvalue weighted by molar-refractivity contribution is 7.92. The van der Waals surface area contributed by atoms with Gasteiger partial charge in [0.05, 0.1) is 10.6 Å². The van der Waals surface area contributed by atoms with E-state index in [0.717, 1.165) is 23.2 Å². The van der Waals surface area contributed by atoms with Crippen molar-refractivity contribution in [2.75, 3.05) is 16.2 Å². The highest BCUT2D eigenvalue weighted by Crippen LogP contribution is 2.31. The van der Waals surface area contributed by atoms with Crippen LogP contribution in [0.5, 0.6) is 0 Å². The third-order valence-electron chi connectivity index (χ3n) is 3.91. The molecule has 0 aromatic heterocycles. The van der Waals surface area contributed by atoms with Crippen LogP contribution in [0.3, 0.4) is 0 Å². The van der Waals surface area contributed by atoms with Gasteiger partial charge in [-0.3, -0.25) is 9.52 Å². The van der Waals surface area contributed by atoms with Crippen molar-refractivity contribution in [3.05, 3.63) is 53.6 Å². The lowest BCUT2D eigenvalue weighted by Gasteiger charge is -2.16. The molecule has 0 spiro atoms. The lowest BCUT2D eigenvalue weighted by atomic mass is 10.1. The number of rotatable bonds is 3. The topological polar surface area (TPSA) is 66.5 Å². The number of hydrogen-bond acceptors (Lipinski definition) is 3. The molecule has 1 aliphatic rings. The molecule has 0 atom stereocenters. The van der Waals surface area contributed by atoms with E-state index in [0.29, 0.717) is 12.2 Å². The molecular formula is C17H18N2O3S. The van der Waals surface area contributed by atoms with Crippen LogP contribution in [0.1, 0.15) is 18.1 Å². The van der Waals surface area contributed by atoms with Crippen LogP contribution in [0.15, 0.2) is 47.4 Å². The van der Waals surface area contributed by atoms with Crippen molar-refractivity contribution in [1.29, 1.82) is 0 Å². The van der Waals surface area contributed by atoms with Crippen molar-refractivity contribution >= 4 is 27.3 Å². The van der Waals surface area contributed by atoms with E-state index < -0.39 is 10.0 Å². The molecule has 3 rings (SSSR count). The maximum Gasteiger partial charge on any atom is 0.261 e. The van der Waals surface area contributed by atoms with Crippen molar-refractivity contribution in [2.45, 2.75) is 25.2 Å². The molecule has 0 bridgehead atoms. The summed E-state index contributed by atoms with van der Waals surface area (Å²) in [5, 5.41) is 0. The van der Waals surface area contributed by atoms with Crippen LogP contribution in [0.4, 0.5) is 11.4 Å². The first kappa shape index (κ1) is 15.6. The number of aryl methyl sites for hydroxylation is 1. The van der Waals surface area contributed by atoms with Crippen molar-refractivity contribution < 1.29 is 13.2 Å². The second-order valence-electron chi connectivity index (χ2n) is 5.69. The molecule has 1 amide bonds. The number of amides is 1. The fourth-order valence-corrected chi connectivity index (χ4v) is 3.92. The molecule has 0 radical (unpaired) electrons. The highest BCUT2D eigenvalue weighted by Gasteiger charge is 2.23. The first-order chi connectivity index (χ1) is 10.9. The van der Waals surface area contributed by atoms with Gasteiger partial charge in [-0.1, -0.05) is 18.2 Å². The number of fused-ring (bicyclic) bond motifs is 1. The fraction of sp³-hybridized carbons (Fsp3) is 0.235. The van der Waals surface area contributed by atoms with E-state index in [-0.39, 0.29) is 10.8 Å². The molecule has 0 saturated heterocycles. The third-order valence-corrected chi connectivity index (χ3v) is 5.29. The van der Waals surface area contributed by atoms with Gasteiger partial charge in [-0.2, -0.15) is 0 Å². The average molecular weight is 330 g/mol. The third kappa shape index (κ3) is 3.07. The van der Waals surface area contributed by atoms with Crippen molar-refractivity contribution in [1.82, 2.24) is 0 Å². The molecule has 1 N–H and O–H groups in total. The molecule has 1 heterocycles. The number of nitrogens with one attached hydrogen (secondary N) is 1. The molecule has 0 unspecified atom stereocenters. The maximum atomic E-state index is 12.5. The fourth-order valence-electron chi connectivity index (χ4n) is 2.77. The molecule has 5 nitrogen and oxygen atoms in total. The first-order valence-electron chi connectivity index (χ1n) is 7.37. The molecular weight excluding hydrogens is 312 g/mol. The lowest BCUT2D eigenvalue weighted by Crippen LogP contribution is -2.25. The SMILES string of the molecule is CC(=O)N1CCc2ccc(NS(=O)(=O)c3cccc(C)c3)cc21. The Morgan fingerprint density at radius 1 is 1.17 bits per heavy atom. The summed E-state index contributed by atoms with van der Waals surface area (Å²) in [6, 6.07) is 12.1. The Labute approximate surface area is 136 Å². The van der Waals surface area contributed by atoms with E-state index in [1.807, 2.05) is 19.1 Å². The van der Waals surface area contributed by atoms with E-state index in [2.05, 4.69) is 4.72 Å². The summed E-state index contributed by atoms with van der Waals surface area (Å²) in [6.45, 7) is 4.00. The number of benzene rings is 2. The van der Waals surface area contributed by atoms with E-state index in [4.69, 9.17) is 0 Å². The predicted octanol–water partition coefficient (Wildman–Crippen LogP) is 2.70. The molecule has 120 valence electrons. The monoisotopic (exact) mass is 330 g/mol. The first-order valence-corrected chi connectivity index (χ1v) is 8.86. The largest absolute Gasteiger partial charge is 0.312 e. The van der Waals surface area contributed by atoms with Crippen molar-refractivity contribution in [2.24, 2.45) is 0 Å². The van der Waals surface area contributed by atoms with E-state index in [1.165, 1.54) is 6.92 Å². The van der Waals surface area contributed by atoms with Gasteiger partial charge in [0.1, 0.15) is 0 Å². The van der Waals surface area contributed by atoms with E-state index >= 15 is 0 Å². The highest BCUT2D eigenvalue weighted by atomic mass is 32.2. The van der Waals surface area contributed by atoms with Gasteiger partial charge in [0.2, 0.25) is 5.91 Å². The van der Waals surface area contributed by atoms with Gasteiger partial charge in [0.15, 0.2) is 0 Å². The van der Waals surface area contributed by atoms with Crippen molar-refractivity contribution in [3.8, 4) is 0 Å². The number of sulfonamides is 1. The molecule has 6 heteroatoms. The zero-order valence-corrected chi connectivity index (χ0v) is 13.9. The van der Waals surface area contributed by atoms with Crippen LogP contribution in [0, 0.1) is 6.92 Å². The number of nitrogens with zero attached hydrogens (tertiary/aromatic N) is 1. The Bertz CT molecular complexity index is 875. The zero-order valence-electron chi connectivity index (χ0n) is 13.0. The summed E-state index contributed by atoms with van der Waals surface area (Å²) in [6.07, 6.45) is 0.791. The Morgan fingerprint density at radius 3 is 2.65 bits per heavy atom. The summed E-state index contributed by atoms with van der Waals surface area (Å²) in [7, 11) is -3.64. The Balaban J connectivity index is 1.92. The second-order valence-corrected chi connectivity index (χ2v) is 7.37. The Morgan fingerprint density at radius 2 is 1.96 bits per heavy atom. The predicted molar refractivity (Wildman–Crippen MR) is 90.2 cm³/mol. The summed E-state index contributed by atoms with van der Waals surface area (Å²) >= 11 is 0. The van der Waals surface area contributed by atoms with Gasteiger partial charge in [-0.05, 0) is 48.7 Å². The minimum atomic E-state index is -3.64. The molecule has 23 heavy (non-hydrogen) atoms. The normalized spacial score (nSPS) is 13.7. The van der Waals surface area contributed by atoms with Crippen molar-refractivity contribution in [3.63, 3.8) is 0 Å².